The van der Waals surface area contributed by atoms with Crippen molar-refractivity contribution in [2.45, 2.75) is 4.90 Å². The maximum atomic E-state index is 12.3. The van der Waals surface area contributed by atoms with Crippen LogP contribution >= 0.6 is 11.6 Å². The predicted octanol–water partition coefficient (Wildman–Crippen LogP) is 2.39. The molecule has 8 nitrogen and oxygen atoms in total. The van der Waals surface area contributed by atoms with E-state index in [2.05, 4.69) is 5.32 Å². The summed E-state index contributed by atoms with van der Waals surface area (Å²) in [6.07, 6.45) is 0. The number of amides is 1. The Morgan fingerprint density at radius 1 is 1.11 bits per heavy atom. The lowest BCUT2D eigenvalue weighted by Crippen LogP contribution is -2.23. The first-order valence-corrected chi connectivity index (χ1v) is 9.80. The Morgan fingerprint density at radius 3 is 2.32 bits per heavy atom. The minimum Gasteiger partial charge on any atom is -0.497 e. The minimum absolute atomic E-state index is 0.0256. The topological polar surface area (TPSA) is 102 Å². The first-order valence-electron chi connectivity index (χ1n) is 7.98. The standard InChI is InChI=1S/C18H19ClN2O6S/c1-21(2)28(24,25)16-10-13(6-9-15(16)19)20-17(22)11-27-18(23)12-4-7-14(26-3)8-5-12/h4-10H,11H2,1-3H3,(H,20,22). The zero-order chi connectivity index (χ0) is 20.9. The van der Waals surface area contributed by atoms with E-state index in [0.29, 0.717) is 5.75 Å². The molecule has 1 amide bonds. The van der Waals surface area contributed by atoms with Crippen molar-refractivity contribution in [1.82, 2.24) is 4.31 Å². The van der Waals surface area contributed by atoms with Crippen molar-refractivity contribution in [3.63, 3.8) is 0 Å². The smallest absolute Gasteiger partial charge is 0.338 e. The molecule has 0 fully saturated rings. The van der Waals surface area contributed by atoms with E-state index in [4.69, 9.17) is 21.1 Å². The molecule has 2 rings (SSSR count). The Labute approximate surface area is 168 Å². The molecule has 0 saturated carbocycles. The number of anilines is 1. The van der Waals surface area contributed by atoms with Crippen LogP contribution in [0.1, 0.15) is 10.4 Å². The van der Waals surface area contributed by atoms with Crippen LogP contribution in [0, 0.1) is 0 Å². The van der Waals surface area contributed by atoms with Gasteiger partial charge in [0.1, 0.15) is 10.6 Å². The summed E-state index contributed by atoms with van der Waals surface area (Å²) < 4.78 is 35.5. The second-order valence-corrected chi connectivity index (χ2v) is 8.31. The average molecular weight is 427 g/mol. The van der Waals surface area contributed by atoms with Gasteiger partial charge in [-0.15, -0.1) is 0 Å². The van der Waals surface area contributed by atoms with E-state index < -0.39 is 28.5 Å². The summed E-state index contributed by atoms with van der Waals surface area (Å²) in [5.74, 6) is -0.720. The maximum Gasteiger partial charge on any atom is 0.338 e. The van der Waals surface area contributed by atoms with Crippen molar-refractivity contribution >= 4 is 39.2 Å². The van der Waals surface area contributed by atoms with Crippen LogP contribution in [0.5, 0.6) is 5.75 Å². The number of hydrogen-bond acceptors (Lipinski definition) is 6. The van der Waals surface area contributed by atoms with Gasteiger partial charge in [0.25, 0.3) is 5.91 Å². The molecule has 0 aliphatic heterocycles. The number of benzene rings is 2. The zero-order valence-electron chi connectivity index (χ0n) is 15.4. The molecule has 2 aromatic rings. The van der Waals surface area contributed by atoms with Crippen molar-refractivity contribution in [2.24, 2.45) is 0 Å². The predicted molar refractivity (Wildman–Crippen MR) is 104 cm³/mol. The molecule has 0 atom stereocenters. The fraction of sp³-hybridized carbons (Fsp3) is 0.222. The molecule has 0 unspecified atom stereocenters. The second-order valence-electron chi connectivity index (χ2n) is 5.79. The molecule has 28 heavy (non-hydrogen) atoms. The Hall–Kier alpha value is -2.62. The Kier molecular flexibility index (Phi) is 7.00. The molecule has 0 aliphatic carbocycles. The highest BCUT2D eigenvalue weighted by atomic mass is 35.5. The number of carbonyl (C=O) groups is 2. The lowest BCUT2D eigenvalue weighted by atomic mass is 10.2. The highest BCUT2D eigenvalue weighted by Gasteiger charge is 2.21. The third-order valence-electron chi connectivity index (χ3n) is 3.63. The molecule has 10 heteroatoms. The van der Waals surface area contributed by atoms with Gasteiger partial charge in [-0.25, -0.2) is 17.5 Å². The molecule has 0 bridgehead atoms. The fourth-order valence-electron chi connectivity index (χ4n) is 2.11. The lowest BCUT2D eigenvalue weighted by Gasteiger charge is -2.14. The van der Waals surface area contributed by atoms with E-state index in [1.165, 1.54) is 51.5 Å². The van der Waals surface area contributed by atoms with Gasteiger partial charge in [-0.2, -0.15) is 0 Å². The first kappa shape index (κ1) is 21.7. The number of esters is 1. The number of ether oxygens (including phenoxy) is 2. The molecular weight excluding hydrogens is 408 g/mol. The summed E-state index contributed by atoms with van der Waals surface area (Å²) in [6, 6.07) is 10.2. The van der Waals surface area contributed by atoms with E-state index in [0.717, 1.165) is 4.31 Å². The molecule has 0 spiro atoms. The van der Waals surface area contributed by atoms with Crippen molar-refractivity contribution in [3.8, 4) is 5.75 Å². The van der Waals surface area contributed by atoms with Crippen LogP contribution in [0.4, 0.5) is 5.69 Å². The van der Waals surface area contributed by atoms with E-state index in [1.54, 1.807) is 12.1 Å². The van der Waals surface area contributed by atoms with Crippen molar-refractivity contribution in [3.05, 3.63) is 53.1 Å². The Balaban J connectivity index is 2.02. The normalized spacial score (nSPS) is 11.2. The van der Waals surface area contributed by atoms with Gasteiger partial charge < -0.3 is 14.8 Å². The molecule has 0 heterocycles. The van der Waals surface area contributed by atoms with Crippen molar-refractivity contribution in [2.75, 3.05) is 33.1 Å². The highest BCUT2D eigenvalue weighted by Crippen LogP contribution is 2.26. The number of halogens is 1. The van der Waals surface area contributed by atoms with Crippen LogP contribution < -0.4 is 10.1 Å². The number of carbonyl (C=O) groups excluding carboxylic acids is 2. The number of methoxy groups -OCH3 is 1. The van der Waals surface area contributed by atoms with Gasteiger partial charge >= 0.3 is 5.97 Å². The van der Waals surface area contributed by atoms with E-state index in [1.807, 2.05) is 0 Å². The fourth-order valence-corrected chi connectivity index (χ4v) is 3.51. The van der Waals surface area contributed by atoms with Crippen LogP contribution in [0.25, 0.3) is 0 Å². The van der Waals surface area contributed by atoms with Crippen LogP contribution in [0.2, 0.25) is 5.02 Å². The zero-order valence-corrected chi connectivity index (χ0v) is 17.0. The molecule has 0 saturated heterocycles. The summed E-state index contributed by atoms with van der Waals surface area (Å²) in [4.78, 5) is 23.8. The van der Waals surface area contributed by atoms with Gasteiger partial charge in [0, 0.05) is 19.8 Å². The number of rotatable bonds is 7. The van der Waals surface area contributed by atoms with Crippen molar-refractivity contribution < 1.29 is 27.5 Å². The van der Waals surface area contributed by atoms with Gasteiger partial charge in [0.15, 0.2) is 6.61 Å². The summed E-state index contributed by atoms with van der Waals surface area (Å²) in [7, 11) is 0.466. The lowest BCUT2D eigenvalue weighted by molar-refractivity contribution is -0.119. The number of hydrogen-bond donors (Lipinski definition) is 1. The van der Waals surface area contributed by atoms with Crippen molar-refractivity contribution in [1.29, 1.82) is 0 Å². The SMILES string of the molecule is COc1ccc(C(=O)OCC(=O)Nc2ccc(Cl)c(S(=O)(=O)N(C)C)c2)cc1. The number of nitrogens with one attached hydrogen (secondary N) is 1. The quantitative estimate of drug-likeness (QED) is 0.682. The summed E-state index contributed by atoms with van der Waals surface area (Å²) >= 11 is 5.96. The summed E-state index contributed by atoms with van der Waals surface area (Å²) in [5.41, 5.74) is 0.467. The first-order chi connectivity index (χ1) is 13.1. The van der Waals surface area contributed by atoms with E-state index in [9.17, 15) is 18.0 Å². The Morgan fingerprint density at radius 2 is 1.75 bits per heavy atom. The maximum absolute atomic E-state index is 12.3. The van der Waals surface area contributed by atoms with Gasteiger partial charge in [0.05, 0.1) is 17.7 Å². The molecule has 0 radical (unpaired) electrons. The summed E-state index contributed by atoms with van der Waals surface area (Å²) in [6.45, 7) is -0.538. The molecule has 1 N–H and O–H groups in total. The monoisotopic (exact) mass is 426 g/mol. The largest absolute Gasteiger partial charge is 0.497 e. The second kappa shape index (κ2) is 9.05. The number of sulfonamides is 1. The molecule has 150 valence electrons. The minimum atomic E-state index is -3.78. The molecule has 0 aliphatic rings. The van der Waals surface area contributed by atoms with Crippen LogP contribution in [-0.4, -0.2) is 52.4 Å². The van der Waals surface area contributed by atoms with Crippen LogP contribution in [-0.2, 0) is 19.6 Å². The number of nitrogens with zero attached hydrogens (tertiary/aromatic N) is 1. The molecule has 0 aromatic heterocycles. The Bertz CT molecular complexity index is 974. The highest BCUT2D eigenvalue weighted by molar-refractivity contribution is 7.89. The third kappa shape index (κ3) is 5.22. The van der Waals surface area contributed by atoms with E-state index in [-0.39, 0.29) is 21.2 Å². The van der Waals surface area contributed by atoms with E-state index >= 15 is 0 Å². The van der Waals surface area contributed by atoms with Gasteiger partial charge in [-0.05, 0) is 42.5 Å². The van der Waals surface area contributed by atoms with Gasteiger partial charge in [0.2, 0.25) is 10.0 Å². The molecular formula is C18H19ClN2O6S. The average Bonchev–Trinajstić information content (AvgIpc) is 2.67. The summed E-state index contributed by atoms with van der Waals surface area (Å²) in [5, 5.41) is 2.49. The molecule has 2 aromatic carbocycles. The van der Waals surface area contributed by atoms with Gasteiger partial charge in [-0.1, -0.05) is 11.6 Å². The third-order valence-corrected chi connectivity index (χ3v) is 5.93. The van der Waals surface area contributed by atoms with Crippen LogP contribution in [0.15, 0.2) is 47.4 Å². The van der Waals surface area contributed by atoms with Gasteiger partial charge in [-0.3, -0.25) is 4.79 Å². The van der Waals surface area contributed by atoms with Crippen LogP contribution in [0.3, 0.4) is 0 Å².